The highest BCUT2D eigenvalue weighted by molar-refractivity contribution is 7.89. The molecule has 1 fully saturated rings. The average molecular weight is 453 g/mol. The van der Waals surface area contributed by atoms with Crippen LogP contribution >= 0.6 is 0 Å². The topological polar surface area (TPSA) is 106 Å². The number of aryl methyl sites for hydroxylation is 1. The van der Waals surface area contributed by atoms with E-state index in [0.29, 0.717) is 24.3 Å². The molecule has 1 aliphatic heterocycles. The van der Waals surface area contributed by atoms with Gasteiger partial charge in [0.1, 0.15) is 11.5 Å². The fourth-order valence-corrected chi connectivity index (χ4v) is 5.16. The second kappa shape index (κ2) is 9.29. The van der Waals surface area contributed by atoms with E-state index in [9.17, 15) is 22.4 Å². The maximum absolute atomic E-state index is 13.3. The molecule has 0 spiro atoms. The number of carbonyl (C=O) groups excluding carboxylic acids is 2. The zero-order valence-electron chi connectivity index (χ0n) is 17.6. The van der Waals surface area contributed by atoms with Crippen LogP contribution in [-0.2, 0) is 19.5 Å². The molecule has 0 aliphatic carbocycles. The third-order valence-corrected chi connectivity index (χ3v) is 7.13. The summed E-state index contributed by atoms with van der Waals surface area (Å²) < 4.78 is 51.1. The van der Waals surface area contributed by atoms with Gasteiger partial charge in [-0.2, -0.15) is 4.31 Å². The van der Waals surface area contributed by atoms with Crippen molar-refractivity contribution in [3.05, 3.63) is 52.6 Å². The summed E-state index contributed by atoms with van der Waals surface area (Å²) >= 11 is 0. The molecule has 10 heteroatoms. The highest BCUT2D eigenvalue weighted by Gasteiger charge is 2.32. The molecule has 1 unspecified atom stereocenters. The van der Waals surface area contributed by atoms with Crippen LogP contribution < -0.4 is 0 Å². The van der Waals surface area contributed by atoms with E-state index in [2.05, 4.69) is 4.98 Å². The number of esters is 1. The Bertz CT molecular complexity index is 1070. The van der Waals surface area contributed by atoms with Crippen LogP contribution in [0.5, 0.6) is 0 Å². The van der Waals surface area contributed by atoms with Crippen molar-refractivity contribution in [3.63, 3.8) is 0 Å². The van der Waals surface area contributed by atoms with Crippen LogP contribution in [0, 0.1) is 19.7 Å². The zero-order chi connectivity index (χ0) is 22.8. The minimum atomic E-state index is -4.08. The molecule has 168 valence electrons. The summed E-state index contributed by atoms with van der Waals surface area (Å²) in [5, 5.41) is 0. The molecule has 1 saturated heterocycles. The predicted molar refractivity (Wildman–Crippen MR) is 110 cm³/mol. The standard InChI is InChI=1S/C21H25FN2O6S/c1-13-19(14(2)23-20(13)21(26)29-3)18(25)12-24(11-16-5-4-10-30-16)31(27,28)17-8-6-15(22)7-9-17/h6-9,16,23H,4-5,10-12H2,1-3H3. The molecule has 3 rings (SSSR count). The molecular formula is C21H25FN2O6S. The van der Waals surface area contributed by atoms with Crippen molar-refractivity contribution in [2.75, 3.05) is 26.8 Å². The Hall–Kier alpha value is -2.56. The first-order chi connectivity index (χ1) is 14.6. The number of Topliss-reactive ketones (excluding diaryl/α,β-unsaturated/α-hetero) is 1. The van der Waals surface area contributed by atoms with Crippen molar-refractivity contribution >= 4 is 21.8 Å². The Morgan fingerprint density at radius 3 is 2.52 bits per heavy atom. The van der Waals surface area contributed by atoms with E-state index in [-0.39, 0.29) is 28.8 Å². The highest BCUT2D eigenvalue weighted by atomic mass is 32.2. The number of aromatic amines is 1. The van der Waals surface area contributed by atoms with Gasteiger partial charge in [0.2, 0.25) is 10.0 Å². The van der Waals surface area contributed by atoms with E-state index in [1.807, 2.05) is 0 Å². The number of sulfonamides is 1. The number of nitrogens with zero attached hydrogens (tertiary/aromatic N) is 1. The first-order valence-corrected chi connectivity index (χ1v) is 11.3. The molecule has 2 heterocycles. The third kappa shape index (κ3) is 4.86. The zero-order valence-corrected chi connectivity index (χ0v) is 18.4. The van der Waals surface area contributed by atoms with Crippen molar-refractivity contribution in [2.24, 2.45) is 0 Å². The Labute approximate surface area is 180 Å². The van der Waals surface area contributed by atoms with E-state index < -0.39 is 34.1 Å². The molecule has 1 aromatic carbocycles. The molecule has 2 aromatic rings. The number of methoxy groups -OCH3 is 1. The lowest BCUT2D eigenvalue weighted by Gasteiger charge is -2.24. The molecule has 1 N–H and O–H groups in total. The smallest absolute Gasteiger partial charge is 0.354 e. The molecule has 0 radical (unpaired) electrons. The lowest BCUT2D eigenvalue weighted by Crippen LogP contribution is -2.41. The van der Waals surface area contributed by atoms with Crippen molar-refractivity contribution in [2.45, 2.75) is 37.7 Å². The van der Waals surface area contributed by atoms with Gasteiger partial charge in [0.15, 0.2) is 5.78 Å². The average Bonchev–Trinajstić information content (AvgIpc) is 3.34. The summed E-state index contributed by atoms with van der Waals surface area (Å²) in [6, 6.07) is 4.45. The Balaban J connectivity index is 1.93. The number of hydrogen-bond acceptors (Lipinski definition) is 6. The number of H-pyrrole nitrogens is 1. The monoisotopic (exact) mass is 452 g/mol. The fourth-order valence-electron chi connectivity index (χ4n) is 3.73. The molecule has 0 bridgehead atoms. The van der Waals surface area contributed by atoms with Gasteiger partial charge in [-0.15, -0.1) is 0 Å². The van der Waals surface area contributed by atoms with Gasteiger partial charge in [0.25, 0.3) is 0 Å². The van der Waals surface area contributed by atoms with Gasteiger partial charge in [0.05, 0.1) is 24.7 Å². The quantitative estimate of drug-likeness (QED) is 0.488. The summed E-state index contributed by atoms with van der Waals surface area (Å²) in [6.45, 7) is 3.31. The SMILES string of the molecule is COC(=O)c1[nH]c(C)c(C(=O)CN(CC2CCCO2)S(=O)(=O)c2ccc(F)cc2)c1C. The number of ether oxygens (including phenoxy) is 2. The van der Waals surface area contributed by atoms with E-state index in [1.54, 1.807) is 13.8 Å². The largest absolute Gasteiger partial charge is 0.464 e. The van der Waals surface area contributed by atoms with E-state index >= 15 is 0 Å². The first-order valence-electron chi connectivity index (χ1n) is 9.83. The van der Waals surface area contributed by atoms with Gasteiger partial charge in [-0.05, 0) is 56.5 Å². The Morgan fingerprint density at radius 1 is 1.26 bits per heavy atom. The number of hydrogen-bond donors (Lipinski definition) is 1. The van der Waals surface area contributed by atoms with E-state index in [4.69, 9.17) is 9.47 Å². The van der Waals surface area contributed by atoms with Crippen molar-refractivity contribution in [1.29, 1.82) is 0 Å². The Morgan fingerprint density at radius 2 is 1.94 bits per heavy atom. The van der Waals surface area contributed by atoms with Crippen LogP contribution in [0.2, 0.25) is 0 Å². The molecule has 0 saturated carbocycles. The number of nitrogens with one attached hydrogen (secondary N) is 1. The summed E-state index contributed by atoms with van der Waals surface area (Å²) in [4.78, 5) is 27.8. The van der Waals surface area contributed by atoms with Gasteiger partial charge >= 0.3 is 5.97 Å². The molecule has 31 heavy (non-hydrogen) atoms. The summed E-state index contributed by atoms with van der Waals surface area (Å²) in [5.41, 5.74) is 1.23. The molecule has 1 aromatic heterocycles. The minimum Gasteiger partial charge on any atom is -0.464 e. The fraction of sp³-hybridized carbons (Fsp3) is 0.429. The van der Waals surface area contributed by atoms with Gasteiger partial charge in [-0.3, -0.25) is 4.79 Å². The van der Waals surface area contributed by atoms with Crippen LogP contribution in [0.3, 0.4) is 0 Å². The van der Waals surface area contributed by atoms with Gasteiger partial charge in [-0.1, -0.05) is 0 Å². The summed E-state index contributed by atoms with van der Waals surface area (Å²) in [6.07, 6.45) is 1.15. The number of ketones is 1. The number of halogens is 1. The van der Waals surface area contributed by atoms with Crippen molar-refractivity contribution in [3.8, 4) is 0 Å². The minimum absolute atomic E-state index is 0.00216. The number of benzene rings is 1. The second-order valence-corrected chi connectivity index (χ2v) is 9.36. The van der Waals surface area contributed by atoms with Crippen LogP contribution in [0.25, 0.3) is 0 Å². The molecule has 1 aliphatic rings. The van der Waals surface area contributed by atoms with Crippen LogP contribution in [-0.4, -0.2) is 62.4 Å². The lowest BCUT2D eigenvalue weighted by molar-refractivity contribution is 0.0593. The van der Waals surface area contributed by atoms with E-state index in [0.717, 1.165) is 22.9 Å². The number of carbonyl (C=O) groups is 2. The molecule has 0 amide bonds. The first kappa shape index (κ1) is 23.1. The highest BCUT2D eigenvalue weighted by Crippen LogP contribution is 2.24. The van der Waals surface area contributed by atoms with Crippen LogP contribution in [0.4, 0.5) is 4.39 Å². The van der Waals surface area contributed by atoms with Gasteiger partial charge < -0.3 is 14.5 Å². The normalized spacial score (nSPS) is 16.6. The van der Waals surface area contributed by atoms with Crippen molar-refractivity contribution in [1.82, 2.24) is 9.29 Å². The molecular weight excluding hydrogens is 427 g/mol. The third-order valence-electron chi connectivity index (χ3n) is 5.31. The maximum Gasteiger partial charge on any atom is 0.354 e. The molecule has 1 atom stereocenters. The predicted octanol–water partition coefficient (Wildman–Crippen LogP) is 2.61. The van der Waals surface area contributed by atoms with Crippen molar-refractivity contribution < 1.29 is 31.9 Å². The number of aromatic nitrogens is 1. The number of rotatable bonds is 8. The lowest BCUT2D eigenvalue weighted by atomic mass is 10.1. The van der Waals surface area contributed by atoms with Crippen LogP contribution in [0.1, 0.15) is 44.9 Å². The van der Waals surface area contributed by atoms with Gasteiger partial charge in [0, 0.05) is 24.4 Å². The van der Waals surface area contributed by atoms with Gasteiger partial charge in [-0.25, -0.2) is 17.6 Å². The second-order valence-electron chi connectivity index (χ2n) is 7.43. The Kier molecular flexibility index (Phi) is 6.93. The van der Waals surface area contributed by atoms with Crippen LogP contribution in [0.15, 0.2) is 29.2 Å². The summed E-state index contributed by atoms with van der Waals surface area (Å²) in [7, 11) is -2.85. The van der Waals surface area contributed by atoms with E-state index in [1.165, 1.54) is 19.2 Å². The molecule has 8 nitrogen and oxygen atoms in total. The summed E-state index contributed by atoms with van der Waals surface area (Å²) in [5.74, 6) is -1.64. The maximum atomic E-state index is 13.3.